The summed E-state index contributed by atoms with van der Waals surface area (Å²) in [6.07, 6.45) is 3.97. The van der Waals surface area contributed by atoms with E-state index in [4.69, 9.17) is 0 Å². The molecule has 100 valence electrons. The van der Waals surface area contributed by atoms with Crippen molar-refractivity contribution < 1.29 is 0 Å². The Bertz CT molecular complexity index is 359. The second-order valence-corrected chi connectivity index (χ2v) is 5.32. The molecule has 0 radical (unpaired) electrons. The van der Waals surface area contributed by atoms with Gasteiger partial charge in [0.05, 0.1) is 0 Å². The summed E-state index contributed by atoms with van der Waals surface area (Å²) in [5, 5.41) is 7.04. The maximum atomic E-state index is 3.53. The highest BCUT2D eigenvalue weighted by atomic mass is 15.1. The van der Waals surface area contributed by atoms with Crippen molar-refractivity contribution in [3.63, 3.8) is 0 Å². The van der Waals surface area contributed by atoms with Gasteiger partial charge in [-0.05, 0) is 50.0 Å². The van der Waals surface area contributed by atoms with Crippen molar-refractivity contribution >= 4 is 5.69 Å². The molecule has 0 saturated heterocycles. The SMILES string of the molecule is CN(C)c1cccc(CNCCCNC2CC2)c1. The second kappa shape index (κ2) is 6.76. The maximum Gasteiger partial charge on any atom is 0.0364 e. The van der Waals surface area contributed by atoms with Crippen LogP contribution in [0, 0.1) is 0 Å². The maximum absolute atomic E-state index is 3.53. The number of nitrogens with one attached hydrogen (secondary N) is 2. The van der Waals surface area contributed by atoms with Gasteiger partial charge < -0.3 is 15.5 Å². The Balaban J connectivity index is 1.61. The number of hydrogen-bond donors (Lipinski definition) is 2. The summed E-state index contributed by atoms with van der Waals surface area (Å²) in [5.74, 6) is 0. The van der Waals surface area contributed by atoms with Crippen LogP contribution in [0.3, 0.4) is 0 Å². The molecule has 18 heavy (non-hydrogen) atoms. The van der Waals surface area contributed by atoms with E-state index in [1.54, 1.807) is 0 Å². The third-order valence-electron chi connectivity index (χ3n) is 3.30. The summed E-state index contributed by atoms with van der Waals surface area (Å²) in [6.45, 7) is 3.20. The van der Waals surface area contributed by atoms with Crippen molar-refractivity contribution in [2.24, 2.45) is 0 Å². The van der Waals surface area contributed by atoms with Crippen molar-refractivity contribution in [3.05, 3.63) is 29.8 Å². The molecule has 0 unspecified atom stereocenters. The average Bonchev–Trinajstić information content (AvgIpc) is 3.18. The van der Waals surface area contributed by atoms with E-state index in [9.17, 15) is 0 Å². The van der Waals surface area contributed by atoms with Gasteiger partial charge in [0.25, 0.3) is 0 Å². The molecule has 0 aliphatic heterocycles. The van der Waals surface area contributed by atoms with Gasteiger partial charge in [0, 0.05) is 32.4 Å². The van der Waals surface area contributed by atoms with Crippen LogP contribution < -0.4 is 15.5 Å². The zero-order valence-corrected chi connectivity index (χ0v) is 11.6. The van der Waals surface area contributed by atoms with Crippen LogP contribution in [0.25, 0.3) is 0 Å². The lowest BCUT2D eigenvalue weighted by Gasteiger charge is -2.13. The summed E-state index contributed by atoms with van der Waals surface area (Å²) in [7, 11) is 4.16. The molecule has 2 rings (SSSR count). The zero-order chi connectivity index (χ0) is 12.8. The lowest BCUT2D eigenvalue weighted by molar-refractivity contribution is 0.593. The Morgan fingerprint density at radius 2 is 2.06 bits per heavy atom. The van der Waals surface area contributed by atoms with Crippen LogP contribution in [0.2, 0.25) is 0 Å². The smallest absolute Gasteiger partial charge is 0.0364 e. The van der Waals surface area contributed by atoms with Crippen LogP contribution in [-0.2, 0) is 6.54 Å². The number of rotatable bonds is 8. The molecule has 3 nitrogen and oxygen atoms in total. The van der Waals surface area contributed by atoms with Gasteiger partial charge in [-0.15, -0.1) is 0 Å². The van der Waals surface area contributed by atoms with Crippen LogP contribution in [0.4, 0.5) is 5.69 Å². The molecule has 0 heterocycles. The van der Waals surface area contributed by atoms with E-state index in [1.807, 2.05) is 0 Å². The van der Waals surface area contributed by atoms with Gasteiger partial charge in [-0.2, -0.15) is 0 Å². The number of benzene rings is 1. The largest absolute Gasteiger partial charge is 0.378 e. The first kappa shape index (κ1) is 13.4. The molecule has 1 aromatic rings. The lowest BCUT2D eigenvalue weighted by Crippen LogP contribution is -2.23. The van der Waals surface area contributed by atoms with Crippen LogP contribution in [0.1, 0.15) is 24.8 Å². The predicted molar refractivity (Wildman–Crippen MR) is 78.1 cm³/mol. The molecule has 3 heteroatoms. The van der Waals surface area contributed by atoms with Crippen molar-refractivity contribution in [2.75, 3.05) is 32.1 Å². The van der Waals surface area contributed by atoms with E-state index in [-0.39, 0.29) is 0 Å². The lowest BCUT2D eigenvalue weighted by atomic mass is 10.2. The molecule has 0 amide bonds. The molecule has 0 atom stereocenters. The minimum absolute atomic E-state index is 0.835. The topological polar surface area (TPSA) is 27.3 Å². The van der Waals surface area contributed by atoms with E-state index in [0.29, 0.717) is 0 Å². The number of anilines is 1. The van der Waals surface area contributed by atoms with E-state index in [1.165, 1.54) is 30.5 Å². The van der Waals surface area contributed by atoms with Gasteiger partial charge in [-0.1, -0.05) is 12.1 Å². The van der Waals surface area contributed by atoms with Gasteiger partial charge >= 0.3 is 0 Å². The number of hydrogen-bond acceptors (Lipinski definition) is 3. The summed E-state index contributed by atoms with van der Waals surface area (Å²) in [6, 6.07) is 9.53. The number of nitrogens with zero attached hydrogens (tertiary/aromatic N) is 1. The van der Waals surface area contributed by atoms with Crippen LogP contribution in [0.15, 0.2) is 24.3 Å². The van der Waals surface area contributed by atoms with Gasteiger partial charge in [0.15, 0.2) is 0 Å². The van der Waals surface area contributed by atoms with Crippen molar-refractivity contribution in [2.45, 2.75) is 31.8 Å². The molecule has 1 fully saturated rings. The Labute approximate surface area is 111 Å². The molecular formula is C15H25N3. The highest BCUT2D eigenvalue weighted by molar-refractivity contribution is 5.47. The Morgan fingerprint density at radius 1 is 1.22 bits per heavy atom. The molecule has 0 bridgehead atoms. The summed E-state index contributed by atoms with van der Waals surface area (Å²) >= 11 is 0. The summed E-state index contributed by atoms with van der Waals surface area (Å²) in [4.78, 5) is 2.14. The Kier molecular flexibility index (Phi) is 5.02. The molecule has 1 aliphatic rings. The van der Waals surface area contributed by atoms with Crippen LogP contribution >= 0.6 is 0 Å². The van der Waals surface area contributed by atoms with Crippen LogP contribution in [0.5, 0.6) is 0 Å². The van der Waals surface area contributed by atoms with E-state index >= 15 is 0 Å². The third kappa shape index (κ3) is 4.67. The van der Waals surface area contributed by atoms with E-state index < -0.39 is 0 Å². The summed E-state index contributed by atoms with van der Waals surface area (Å²) in [5.41, 5.74) is 2.63. The highest BCUT2D eigenvalue weighted by Gasteiger charge is 2.19. The second-order valence-electron chi connectivity index (χ2n) is 5.32. The average molecular weight is 247 g/mol. The standard InChI is InChI=1S/C15H25N3/c1-18(2)15-6-3-5-13(11-15)12-16-9-4-10-17-14-7-8-14/h3,5-6,11,14,16-17H,4,7-10,12H2,1-2H3. The molecule has 1 aromatic carbocycles. The normalized spacial score (nSPS) is 14.8. The minimum Gasteiger partial charge on any atom is -0.378 e. The molecule has 2 N–H and O–H groups in total. The molecule has 0 spiro atoms. The monoisotopic (exact) mass is 247 g/mol. The first-order chi connectivity index (χ1) is 8.75. The molecule has 1 saturated carbocycles. The molecule has 1 aliphatic carbocycles. The van der Waals surface area contributed by atoms with Gasteiger partial charge in [-0.3, -0.25) is 0 Å². The fourth-order valence-electron chi connectivity index (χ4n) is 1.98. The fraction of sp³-hybridized carbons (Fsp3) is 0.600. The zero-order valence-electron chi connectivity index (χ0n) is 11.6. The van der Waals surface area contributed by atoms with E-state index in [0.717, 1.165) is 25.7 Å². The quantitative estimate of drug-likeness (QED) is 0.688. The fourth-order valence-corrected chi connectivity index (χ4v) is 1.98. The highest BCUT2D eigenvalue weighted by Crippen LogP contribution is 2.18. The van der Waals surface area contributed by atoms with Gasteiger partial charge in [-0.25, -0.2) is 0 Å². The minimum atomic E-state index is 0.835. The van der Waals surface area contributed by atoms with Crippen molar-refractivity contribution in [1.29, 1.82) is 0 Å². The van der Waals surface area contributed by atoms with Crippen LogP contribution in [-0.4, -0.2) is 33.2 Å². The Hall–Kier alpha value is -1.06. The van der Waals surface area contributed by atoms with Crippen molar-refractivity contribution in [1.82, 2.24) is 10.6 Å². The third-order valence-corrected chi connectivity index (χ3v) is 3.30. The first-order valence-electron chi connectivity index (χ1n) is 6.96. The van der Waals surface area contributed by atoms with Gasteiger partial charge in [0.1, 0.15) is 0 Å². The molecular weight excluding hydrogens is 222 g/mol. The van der Waals surface area contributed by atoms with Gasteiger partial charge in [0.2, 0.25) is 0 Å². The predicted octanol–water partition coefficient (Wildman–Crippen LogP) is 1.98. The van der Waals surface area contributed by atoms with E-state index in [2.05, 4.69) is 53.9 Å². The van der Waals surface area contributed by atoms with Crippen molar-refractivity contribution in [3.8, 4) is 0 Å². The summed E-state index contributed by atoms with van der Waals surface area (Å²) < 4.78 is 0. The first-order valence-corrected chi connectivity index (χ1v) is 6.96. The molecule has 0 aromatic heterocycles. The Morgan fingerprint density at radius 3 is 2.78 bits per heavy atom.